The van der Waals surface area contributed by atoms with Crippen LogP contribution in [0.2, 0.25) is 0 Å². The zero-order valence-electron chi connectivity index (χ0n) is 15.7. The third-order valence-electron chi connectivity index (χ3n) is 4.27. The Hall–Kier alpha value is -3.15. The van der Waals surface area contributed by atoms with Crippen LogP contribution in [0.5, 0.6) is 5.75 Å². The van der Waals surface area contributed by atoms with Gasteiger partial charge < -0.3 is 14.0 Å². The Kier molecular flexibility index (Phi) is 5.54. The molecule has 0 aliphatic carbocycles. The highest BCUT2D eigenvalue weighted by Gasteiger charge is 2.18. The van der Waals surface area contributed by atoms with Gasteiger partial charge in [0, 0.05) is 12.7 Å². The van der Waals surface area contributed by atoms with E-state index in [4.69, 9.17) is 9.47 Å². The van der Waals surface area contributed by atoms with Crippen molar-refractivity contribution in [1.29, 1.82) is 0 Å². The number of hydrogen-bond donors (Lipinski definition) is 0. The monoisotopic (exact) mass is 366 g/mol. The predicted octanol–water partition coefficient (Wildman–Crippen LogP) is 3.48. The van der Waals surface area contributed by atoms with Crippen LogP contribution < -0.4 is 10.2 Å². The lowest BCUT2D eigenvalue weighted by atomic mass is 10.1. The van der Waals surface area contributed by atoms with Crippen LogP contribution in [0.1, 0.15) is 35.5 Å². The minimum Gasteiger partial charge on any atom is -0.487 e. The molecule has 0 fully saturated rings. The number of esters is 1. The normalized spacial score (nSPS) is 10.8. The second-order valence-corrected chi connectivity index (χ2v) is 6.10. The van der Waals surface area contributed by atoms with Crippen molar-refractivity contribution < 1.29 is 14.3 Å². The molecule has 140 valence electrons. The van der Waals surface area contributed by atoms with Crippen molar-refractivity contribution in [1.82, 2.24) is 9.55 Å². The molecule has 0 unspecified atom stereocenters. The maximum absolute atomic E-state index is 12.8. The van der Waals surface area contributed by atoms with E-state index in [1.807, 2.05) is 44.2 Å². The summed E-state index contributed by atoms with van der Waals surface area (Å²) in [6.45, 7) is 6.62. The lowest BCUT2D eigenvalue weighted by Gasteiger charge is -2.14. The molecule has 27 heavy (non-hydrogen) atoms. The van der Waals surface area contributed by atoms with Crippen molar-refractivity contribution in [3.8, 4) is 5.75 Å². The Bertz CT molecular complexity index is 1030. The van der Waals surface area contributed by atoms with Gasteiger partial charge in [-0.3, -0.25) is 4.79 Å². The van der Waals surface area contributed by atoms with Gasteiger partial charge in [-0.1, -0.05) is 30.3 Å². The van der Waals surface area contributed by atoms with E-state index in [9.17, 15) is 9.59 Å². The molecule has 6 nitrogen and oxygen atoms in total. The summed E-state index contributed by atoms with van der Waals surface area (Å²) in [6.07, 6.45) is 1.51. The zero-order valence-corrected chi connectivity index (χ0v) is 15.7. The van der Waals surface area contributed by atoms with Gasteiger partial charge in [0.15, 0.2) is 0 Å². The van der Waals surface area contributed by atoms with Gasteiger partial charge in [0.2, 0.25) is 5.43 Å². The summed E-state index contributed by atoms with van der Waals surface area (Å²) in [7, 11) is 0. The zero-order chi connectivity index (χ0) is 19.4. The van der Waals surface area contributed by atoms with E-state index in [2.05, 4.69) is 4.98 Å². The van der Waals surface area contributed by atoms with Crippen LogP contribution in [0.4, 0.5) is 0 Å². The first kappa shape index (κ1) is 18.6. The molecule has 0 atom stereocenters. The van der Waals surface area contributed by atoms with Gasteiger partial charge in [-0.2, -0.15) is 0 Å². The van der Waals surface area contributed by atoms with Crippen molar-refractivity contribution in [2.45, 2.75) is 33.9 Å². The topological polar surface area (TPSA) is 70.4 Å². The molecule has 2 aromatic heterocycles. The van der Waals surface area contributed by atoms with Crippen molar-refractivity contribution in [2.24, 2.45) is 0 Å². The standard InChI is InChI=1S/C21H22N2O4/c1-4-23-12-17(21(25)26-5-2)19(24)16-11-18(14(3)22-20(16)23)27-13-15-9-7-6-8-10-15/h6-12H,4-5,13H2,1-3H3. The Labute approximate surface area is 157 Å². The maximum atomic E-state index is 12.8. The van der Waals surface area contributed by atoms with Gasteiger partial charge in [0.1, 0.15) is 23.6 Å². The van der Waals surface area contributed by atoms with E-state index >= 15 is 0 Å². The Morgan fingerprint density at radius 3 is 2.59 bits per heavy atom. The molecule has 0 saturated heterocycles. The number of aromatic nitrogens is 2. The first-order valence-corrected chi connectivity index (χ1v) is 8.93. The van der Waals surface area contributed by atoms with Crippen LogP contribution in [0, 0.1) is 6.92 Å². The highest BCUT2D eigenvalue weighted by atomic mass is 16.5. The number of nitrogens with zero attached hydrogens (tertiary/aromatic N) is 2. The van der Waals surface area contributed by atoms with E-state index < -0.39 is 11.4 Å². The molecule has 0 aliphatic rings. The number of fused-ring (bicyclic) bond motifs is 1. The average molecular weight is 366 g/mol. The molecule has 0 spiro atoms. The summed E-state index contributed by atoms with van der Waals surface area (Å²) in [4.78, 5) is 29.5. The quantitative estimate of drug-likeness (QED) is 0.625. The number of aryl methyl sites for hydroxylation is 2. The fraction of sp³-hybridized carbons (Fsp3) is 0.286. The van der Waals surface area contributed by atoms with Crippen molar-refractivity contribution >= 4 is 17.0 Å². The minimum atomic E-state index is -0.626. The Morgan fingerprint density at radius 1 is 1.19 bits per heavy atom. The molecule has 0 saturated carbocycles. The molecule has 6 heteroatoms. The van der Waals surface area contributed by atoms with Crippen LogP contribution in [-0.2, 0) is 17.9 Å². The Balaban J connectivity index is 2.07. The number of pyridine rings is 2. The van der Waals surface area contributed by atoms with Crippen LogP contribution in [0.3, 0.4) is 0 Å². The highest BCUT2D eigenvalue weighted by molar-refractivity contribution is 5.93. The van der Waals surface area contributed by atoms with E-state index in [0.717, 1.165) is 5.56 Å². The van der Waals surface area contributed by atoms with Gasteiger partial charge in [0.05, 0.1) is 17.7 Å². The molecular formula is C21H22N2O4. The molecule has 2 heterocycles. The molecule has 0 aliphatic heterocycles. The second kappa shape index (κ2) is 8.03. The Morgan fingerprint density at radius 2 is 1.93 bits per heavy atom. The third kappa shape index (κ3) is 3.84. The van der Waals surface area contributed by atoms with Crippen molar-refractivity contribution in [2.75, 3.05) is 6.61 Å². The van der Waals surface area contributed by atoms with Gasteiger partial charge in [-0.15, -0.1) is 0 Å². The summed E-state index contributed by atoms with van der Waals surface area (Å²) < 4.78 is 12.7. The fourth-order valence-corrected chi connectivity index (χ4v) is 2.86. The summed E-state index contributed by atoms with van der Waals surface area (Å²) in [5.74, 6) is -0.106. The molecule has 0 radical (unpaired) electrons. The van der Waals surface area contributed by atoms with Gasteiger partial charge in [-0.25, -0.2) is 9.78 Å². The summed E-state index contributed by atoms with van der Waals surface area (Å²) in [5.41, 5.74) is 1.84. The number of carbonyl (C=O) groups is 1. The second-order valence-electron chi connectivity index (χ2n) is 6.10. The SMILES string of the molecule is CCOC(=O)c1cn(CC)c2nc(C)c(OCc3ccccc3)cc2c1=O. The first-order valence-electron chi connectivity index (χ1n) is 8.93. The summed E-state index contributed by atoms with van der Waals surface area (Å²) in [6, 6.07) is 11.4. The maximum Gasteiger partial charge on any atom is 0.343 e. The van der Waals surface area contributed by atoms with Crippen LogP contribution in [0.15, 0.2) is 47.4 Å². The number of rotatable bonds is 6. The fourth-order valence-electron chi connectivity index (χ4n) is 2.86. The number of carbonyl (C=O) groups excluding carboxylic acids is 1. The van der Waals surface area contributed by atoms with Crippen molar-refractivity contribution in [3.05, 3.63) is 69.6 Å². The first-order chi connectivity index (χ1) is 13.0. The molecule has 0 N–H and O–H groups in total. The van der Waals surface area contributed by atoms with Crippen molar-refractivity contribution in [3.63, 3.8) is 0 Å². The largest absolute Gasteiger partial charge is 0.487 e. The van der Waals surface area contributed by atoms with Crippen LogP contribution in [-0.4, -0.2) is 22.1 Å². The van der Waals surface area contributed by atoms with Crippen LogP contribution >= 0.6 is 0 Å². The molecule has 0 amide bonds. The molecule has 1 aromatic carbocycles. The minimum absolute atomic E-state index is 0.00543. The smallest absolute Gasteiger partial charge is 0.343 e. The lowest BCUT2D eigenvalue weighted by Crippen LogP contribution is -2.21. The van der Waals surface area contributed by atoms with E-state index in [1.54, 1.807) is 17.6 Å². The van der Waals surface area contributed by atoms with E-state index in [0.29, 0.717) is 35.6 Å². The molecule has 3 rings (SSSR count). The highest BCUT2D eigenvalue weighted by Crippen LogP contribution is 2.22. The number of ether oxygens (including phenoxy) is 2. The average Bonchev–Trinajstić information content (AvgIpc) is 2.68. The summed E-state index contributed by atoms with van der Waals surface area (Å²) >= 11 is 0. The van der Waals surface area contributed by atoms with Gasteiger partial charge in [0.25, 0.3) is 0 Å². The van der Waals surface area contributed by atoms with E-state index in [1.165, 1.54) is 6.20 Å². The number of benzene rings is 1. The summed E-state index contributed by atoms with van der Waals surface area (Å²) in [5, 5.41) is 0.344. The molecule has 0 bridgehead atoms. The van der Waals surface area contributed by atoms with Gasteiger partial charge >= 0.3 is 5.97 Å². The third-order valence-corrected chi connectivity index (χ3v) is 4.27. The van der Waals surface area contributed by atoms with E-state index in [-0.39, 0.29) is 12.2 Å². The lowest BCUT2D eigenvalue weighted by molar-refractivity contribution is 0.0524. The predicted molar refractivity (Wildman–Crippen MR) is 103 cm³/mol. The van der Waals surface area contributed by atoms with Crippen LogP contribution in [0.25, 0.3) is 11.0 Å². The molecule has 3 aromatic rings. The number of hydrogen-bond acceptors (Lipinski definition) is 5. The molecular weight excluding hydrogens is 344 g/mol. The van der Waals surface area contributed by atoms with Gasteiger partial charge in [-0.05, 0) is 32.4 Å².